The third kappa shape index (κ3) is 6.14. The van der Waals surface area contributed by atoms with Gasteiger partial charge in [-0.15, -0.1) is 0 Å². The van der Waals surface area contributed by atoms with Gasteiger partial charge in [0.2, 0.25) is 0 Å². The lowest BCUT2D eigenvalue weighted by Gasteiger charge is -2.38. The number of sulfone groups is 1. The summed E-state index contributed by atoms with van der Waals surface area (Å²) in [5, 5.41) is 24.8. The van der Waals surface area contributed by atoms with E-state index in [1.165, 1.54) is 43.3 Å². The molecule has 0 aromatic heterocycles. The van der Waals surface area contributed by atoms with Crippen LogP contribution in [-0.4, -0.2) is 79.3 Å². The van der Waals surface area contributed by atoms with Crippen LogP contribution in [0.1, 0.15) is 47.2 Å². The number of benzene rings is 2. The molecule has 0 amide bonds. The van der Waals surface area contributed by atoms with Crippen molar-refractivity contribution in [3.8, 4) is 5.75 Å². The van der Waals surface area contributed by atoms with Gasteiger partial charge in [-0.1, -0.05) is 24.3 Å². The molecule has 2 atom stereocenters. The number of ketones is 2. The van der Waals surface area contributed by atoms with Crippen LogP contribution in [0.25, 0.3) is 5.57 Å². The molecule has 2 aromatic carbocycles. The zero-order valence-electron chi connectivity index (χ0n) is 23.6. The van der Waals surface area contributed by atoms with E-state index < -0.39 is 50.1 Å². The first kappa shape index (κ1) is 30.6. The Labute approximate surface area is 240 Å². The number of aliphatic hydroxyl groups excluding tert-OH is 1. The van der Waals surface area contributed by atoms with Crippen LogP contribution < -0.4 is 5.32 Å². The highest BCUT2D eigenvalue weighted by Crippen LogP contribution is 2.45. The lowest BCUT2D eigenvalue weighted by atomic mass is 9.76. The lowest BCUT2D eigenvalue weighted by Crippen LogP contribution is -2.53. The van der Waals surface area contributed by atoms with Crippen molar-refractivity contribution in [3.63, 3.8) is 0 Å². The number of Topliss-reactive ketones (excluding diaryl/α,β-unsaturated/α-hetero) is 2. The maximum Gasteiger partial charge on any atom is 0.189 e. The molecule has 1 saturated heterocycles. The van der Waals surface area contributed by atoms with Crippen molar-refractivity contribution in [3.05, 3.63) is 82.4 Å². The van der Waals surface area contributed by atoms with Gasteiger partial charge in [-0.3, -0.25) is 9.59 Å². The largest absolute Gasteiger partial charge is 0.508 e. The van der Waals surface area contributed by atoms with Gasteiger partial charge in [0.15, 0.2) is 26.2 Å². The Morgan fingerprint density at radius 1 is 1.15 bits per heavy atom. The van der Waals surface area contributed by atoms with Gasteiger partial charge in [0, 0.05) is 35.6 Å². The zero-order valence-corrected chi connectivity index (χ0v) is 24.4. The number of nitrogens with one attached hydrogen (secondary N) is 1. The van der Waals surface area contributed by atoms with Crippen LogP contribution in [0.3, 0.4) is 0 Å². The van der Waals surface area contributed by atoms with Crippen molar-refractivity contribution in [2.45, 2.75) is 37.4 Å². The van der Waals surface area contributed by atoms with Gasteiger partial charge in [-0.05, 0) is 88.8 Å². The molecule has 4 rings (SSSR count). The first-order chi connectivity index (χ1) is 19.4. The second-order valence-corrected chi connectivity index (χ2v) is 13.5. The summed E-state index contributed by atoms with van der Waals surface area (Å²) >= 11 is 0. The molecule has 8 nitrogen and oxygen atoms in total. The molecule has 0 spiro atoms. The molecule has 1 aliphatic carbocycles. The van der Waals surface area contributed by atoms with Crippen LogP contribution in [0.4, 0.5) is 4.39 Å². The molecule has 41 heavy (non-hydrogen) atoms. The van der Waals surface area contributed by atoms with E-state index in [4.69, 9.17) is 0 Å². The number of carbonyl (C=O) groups excluding carboxylic acids is 2. The second kappa shape index (κ2) is 12.3. The van der Waals surface area contributed by atoms with Crippen LogP contribution in [0.15, 0.2) is 59.9 Å². The number of rotatable bonds is 10. The van der Waals surface area contributed by atoms with Gasteiger partial charge in [0.25, 0.3) is 0 Å². The van der Waals surface area contributed by atoms with Crippen molar-refractivity contribution in [2.24, 2.45) is 5.92 Å². The average Bonchev–Trinajstić information content (AvgIpc) is 2.93. The summed E-state index contributed by atoms with van der Waals surface area (Å²) in [5.41, 5.74) is 0.272. The normalized spacial score (nSPS) is 21.6. The predicted octanol–water partition coefficient (Wildman–Crippen LogP) is 4.00. The van der Waals surface area contributed by atoms with E-state index in [1.54, 1.807) is 6.07 Å². The molecule has 2 aromatic rings. The molecule has 0 saturated carbocycles. The van der Waals surface area contributed by atoms with Crippen LogP contribution in [0, 0.1) is 18.7 Å². The Bertz CT molecular complexity index is 1510. The van der Waals surface area contributed by atoms with Crippen LogP contribution in [0.5, 0.6) is 5.75 Å². The first-order valence-corrected chi connectivity index (χ1v) is 15.4. The molecular weight excluding hydrogens is 547 g/mol. The molecule has 0 bridgehead atoms. The molecule has 0 radical (unpaired) electrons. The van der Waals surface area contributed by atoms with Crippen molar-refractivity contribution in [1.29, 1.82) is 0 Å². The number of hydrogen-bond donors (Lipinski definition) is 3. The predicted molar refractivity (Wildman–Crippen MR) is 156 cm³/mol. The zero-order chi connectivity index (χ0) is 29.9. The third-order valence-electron chi connectivity index (χ3n) is 7.94. The molecule has 1 heterocycles. The van der Waals surface area contributed by atoms with E-state index in [2.05, 4.69) is 5.32 Å². The van der Waals surface area contributed by atoms with Crippen molar-refractivity contribution >= 4 is 27.0 Å². The van der Waals surface area contributed by atoms with Crippen LogP contribution in [0.2, 0.25) is 0 Å². The summed E-state index contributed by atoms with van der Waals surface area (Å²) in [7, 11) is -0.622. The van der Waals surface area contributed by atoms with Gasteiger partial charge in [0.05, 0.1) is 5.75 Å². The number of aliphatic hydroxyl groups is 1. The van der Waals surface area contributed by atoms with Gasteiger partial charge < -0.3 is 20.4 Å². The maximum atomic E-state index is 14.7. The Hall–Kier alpha value is -3.34. The van der Waals surface area contributed by atoms with Gasteiger partial charge in [0.1, 0.15) is 17.3 Å². The molecule has 1 aliphatic heterocycles. The number of halogens is 1. The fraction of sp³-hybridized carbons (Fsp3) is 0.419. The van der Waals surface area contributed by atoms with Gasteiger partial charge >= 0.3 is 0 Å². The minimum Gasteiger partial charge on any atom is -0.508 e. The fourth-order valence-electron chi connectivity index (χ4n) is 5.73. The molecular formula is C31H37FN2O6S. The quantitative estimate of drug-likeness (QED) is 0.358. The summed E-state index contributed by atoms with van der Waals surface area (Å²) in [5.74, 6) is -3.51. The van der Waals surface area contributed by atoms with E-state index in [1.807, 2.05) is 19.0 Å². The smallest absolute Gasteiger partial charge is 0.189 e. The number of hydrogen-bond acceptors (Lipinski definition) is 8. The minimum absolute atomic E-state index is 0.0240. The molecule has 10 heteroatoms. The van der Waals surface area contributed by atoms with E-state index in [9.17, 15) is 32.6 Å². The topological polar surface area (TPSA) is 124 Å². The van der Waals surface area contributed by atoms with Crippen molar-refractivity contribution in [2.75, 3.05) is 39.5 Å². The second-order valence-electron chi connectivity index (χ2n) is 11.1. The van der Waals surface area contributed by atoms with Crippen molar-refractivity contribution in [1.82, 2.24) is 10.2 Å². The number of allylic oxidation sites excluding steroid dienone is 2. The summed E-state index contributed by atoms with van der Waals surface area (Å²) in [6, 6.07) is 9.78. The molecule has 1 fully saturated rings. The Balaban J connectivity index is 1.95. The van der Waals surface area contributed by atoms with Crippen molar-refractivity contribution < 1.29 is 32.6 Å². The fourth-order valence-corrected chi connectivity index (χ4v) is 7.73. The lowest BCUT2D eigenvalue weighted by molar-refractivity contribution is -0.124. The van der Waals surface area contributed by atoms with E-state index in [0.29, 0.717) is 25.9 Å². The Kier molecular flexibility index (Phi) is 9.16. The Morgan fingerprint density at radius 2 is 1.88 bits per heavy atom. The highest BCUT2D eigenvalue weighted by molar-refractivity contribution is 7.93. The van der Waals surface area contributed by atoms with Crippen LogP contribution in [-0.2, 0) is 14.6 Å². The van der Waals surface area contributed by atoms with E-state index >= 15 is 0 Å². The number of piperidine rings is 1. The number of aromatic hydroxyl groups is 1. The van der Waals surface area contributed by atoms with Gasteiger partial charge in [-0.25, -0.2) is 12.8 Å². The summed E-state index contributed by atoms with van der Waals surface area (Å²) in [4.78, 5) is 30.2. The summed E-state index contributed by atoms with van der Waals surface area (Å²) in [6.45, 7) is 2.96. The summed E-state index contributed by atoms with van der Waals surface area (Å²) in [6.07, 6.45) is 1.97. The highest BCUT2D eigenvalue weighted by Gasteiger charge is 2.54. The Morgan fingerprint density at radius 3 is 2.54 bits per heavy atom. The van der Waals surface area contributed by atoms with Gasteiger partial charge in [-0.2, -0.15) is 0 Å². The molecule has 1 unspecified atom stereocenters. The SMILES string of the molecule is Cc1c(F)cccc1C1=C(C(=O)c2cccc(O)c2)CC(C(=O)[C@@H]2CCCNC2)(S(=O)(=O)CCCN(C)C)C=C1O. The molecule has 2 aliphatic rings. The molecule has 220 valence electrons. The van der Waals surface area contributed by atoms with E-state index in [0.717, 1.165) is 6.08 Å². The number of phenols is 1. The van der Waals surface area contributed by atoms with E-state index in [-0.39, 0.29) is 52.3 Å². The first-order valence-electron chi connectivity index (χ1n) is 13.7. The standard InChI is InChI=1S/C31H37FN2O6S/c1-20-24(11-5-12-26(20)32)28-25(29(37)21-8-4-10-23(35)16-21)17-31(18-27(28)36,30(38)22-9-6-13-33-19-22)41(39,40)15-7-14-34(2)3/h4-5,8,10-12,16,18,22,33,35-36H,6-7,9,13-15,17,19H2,1-3H3/t22-,31?/m1/s1. The minimum atomic E-state index is -4.25. The monoisotopic (exact) mass is 584 g/mol. The number of nitrogens with zero attached hydrogens (tertiary/aromatic N) is 1. The summed E-state index contributed by atoms with van der Waals surface area (Å²) < 4.78 is 40.9. The third-order valence-corrected chi connectivity index (χ3v) is 10.3. The maximum absolute atomic E-state index is 14.7. The average molecular weight is 585 g/mol. The highest BCUT2D eigenvalue weighted by atomic mass is 32.2. The molecule has 3 N–H and O–H groups in total. The van der Waals surface area contributed by atoms with Crippen LogP contribution >= 0.6 is 0 Å². The number of phenolic OH excluding ortho intramolecular Hbond substituents is 1. The number of carbonyl (C=O) groups is 2.